The molecule has 4 rings (SSSR count). The number of methoxy groups -OCH3 is 1. The molecule has 3 aromatic rings. The molecule has 2 aromatic carbocycles. The largest absolute Gasteiger partial charge is 0.497 e. The molecule has 2 amide bonds. The minimum Gasteiger partial charge on any atom is -0.497 e. The van der Waals surface area contributed by atoms with Crippen molar-refractivity contribution in [1.82, 2.24) is 10.2 Å². The third-order valence-corrected chi connectivity index (χ3v) is 4.56. The zero-order valence-corrected chi connectivity index (χ0v) is 14.2. The average molecular weight is 350 g/mol. The Kier molecular flexibility index (Phi) is 4.04. The van der Waals surface area contributed by atoms with Crippen LogP contribution in [0.25, 0.3) is 10.9 Å². The number of benzene rings is 2. The van der Waals surface area contributed by atoms with E-state index in [1.54, 1.807) is 36.3 Å². The van der Waals surface area contributed by atoms with E-state index in [0.29, 0.717) is 18.1 Å². The van der Waals surface area contributed by atoms with Crippen molar-refractivity contribution in [1.29, 1.82) is 0 Å². The number of carbonyl (C=O) groups is 2. The summed E-state index contributed by atoms with van der Waals surface area (Å²) in [4.78, 5) is 26.6. The zero-order valence-electron chi connectivity index (χ0n) is 14.2. The number of ether oxygens (including phenoxy) is 1. The Morgan fingerprint density at radius 1 is 1.23 bits per heavy atom. The van der Waals surface area contributed by atoms with Gasteiger partial charge in [-0.2, -0.15) is 5.10 Å². The Morgan fingerprint density at radius 2 is 2.00 bits per heavy atom. The van der Waals surface area contributed by atoms with Crippen molar-refractivity contribution in [3.63, 3.8) is 0 Å². The quantitative estimate of drug-likeness (QED) is 0.757. The van der Waals surface area contributed by atoms with Crippen LogP contribution in [0.1, 0.15) is 6.42 Å². The molecule has 1 aliphatic heterocycles. The fraction of sp³-hybridized carbons (Fsp3) is 0.211. The summed E-state index contributed by atoms with van der Waals surface area (Å²) in [6, 6.07) is 14.7. The number of fused-ring (bicyclic) bond motifs is 1. The Bertz CT molecular complexity index is 964. The number of anilines is 2. The van der Waals surface area contributed by atoms with Gasteiger partial charge in [0.2, 0.25) is 11.8 Å². The van der Waals surface area contributed by atoms with Crippen molar-refractivity contribution >= 4 is 34.2 Å². The number of aromatic amines is 1. The fourth-order valence-corrected chi connectivity index (χ4v) is 3.16. The van der Waals surface area contributed by atoms with Crippen molar-refractivity contribution in [2.24, 2.45) is 5.92 Å². The van der Waals surface area contributed by atoms with Gasteiger partial charge < -0.3 is 10.1 Å². The minimum absolute atomic E-state index is 0.0999. The second-order valence-electron chi connectivity index (χ2n) is 6.22. The summed E-state index contributed by atoms with van der Waals surface area (Å²) in [5.41, 5.74) is 1.54. The minimum atomic E-state index is -0.417. The van der Waals surface area contributed by atoms with Crippen LogP contribution in [0.15, 0.2) is 48.5 Å². The molecular formula is C19H18N4O3. The molecule has 26 heavy (non-hydrogen) atoms. The summed E-state index contributed by atoms with van der Waals surface area (Å²) in [6.07, 6.45) is 0.170. The standard InChI is InChI=1S/C19H18N4O3/c1-26-14-8-6-13(7-9-14)20-19(25)12-10-17(24)23(11-12)18-15-4-2-3-5-16(15)21-22-18/h2-9,12H,10-11H2,1H3,(H,20,25)(H,21,22). The first-order valence-electron chi connectivity index (χ1n) is 8.34. The molecule has 0 saturated carbocycles. The number of carbonyl (C=O) groups excluding carboxylic acids is 2. The Morgan fingerprint density at radius 3 is 2.77 bits per heavy atom. The van der Waals surface area contributed by atoms with Gasteiger partial charge in [-0.05, 0) is 36.4 Å². The molecule has 1 unspecified atom stereocenters. The zero-order chi connectivity index (χ0) is 18.1. The van der Waals surface area contributed by atoms with Crippen LogP contribution < -0.4 is 15.0 Å². The van der Waals surface area contributed by atoms with Crippen LogP contribution in [0.4, 0.5) is 11.5 Å². The normalized spacial score (nSPS) is 16.9. The number of hydrogen-bond acceptors (Lipinski definition) is 4. The van der Waals surface area contributed by atoms with Crippen LogP contribution in [-0.4, -0.2) is 35.7 Å². The van der Waals surface area contributed by atoms with E-state index < -0.39 is 5.92 Å². The van der Waals surface area contributed by atoms with E-state index in [0.717, 1.165) is 16.7 Å². The second-order valence-corrected chi connectivity index (χ2v) is 6.22. The van der Waals surface area contributed by atoms with Crippen molar-refractivity contribution in [3.8, 4) is 5.75 Å². The van der Waals surface area contributed by atoms with E-state index in [-0.39, 0.29) is 18.2 Å². The number of nitrogens with one attached hydrogen (secondary N) is 2. The van der Waals surface area contributed by atoms with Gasteiger partial charge in [0.05, 0.1) is 18.5 Å². The first-order valence-corrected chi connectivity index (χ1v) is 8.34. The van der Waals surface area contributed by atoms with Gasteiger partial charge in [-0.3, -0.25) is 19.6 Å². The van der Waals surface area contributed by atoms with Crippen molar-refractivity contribution < 1.29 is 14.3 Å². The summed E-state index contributed by atoms with van der Waals surface area (Å²) < 4.78 is 5.10. The van der Waals surface area contributed by atoms with Gasteiger partial charge in [0.1, 0.15) is 5.75 Å². The molecule has 1 saturated heterocycles. The number of rotatable bonds is 4. The van der Waals surface area contributed by atoms with Gasteiger partial charge in [0.15, 0.2) is 5.82 Å². The topological polar surface area (TPSA) is 87.3 Å². The maximum atomic E-state index is 12.5. The van der Waals surface area contributed by atoms with E-state index in [1.807, 2.05) is 24.3 Å². The lowest BCUT2D eigenvalue weighted by molar-refractivity contribution is -0.122. The third-order valence-electron chi connectivity index (χ3n) is 4.56. The molecule has 0 bridgehead atoms. The number of hydrogen-bond donors (Lipinski definition) is 2. The third kappa shape index (κ3) is 2.88. The second kappa shape index (κ2) is 6.51. The highest BCUT2D eigenvalue weighted by Crippen LogP contribution is 2.30. The monoisotopic (exact) mass is 350 g/mol. The van der Waals surface area contributed by atoms with Crippen LogP contribution in [0, 0.1) is 5.92 Å². The first kappa shape index (κ1) is 16.1. The summed E-state index contributed by atoms with van der Waals surface area (Å²) in [5, 5.41) is 10.9. The molecule has 1 aliphatic rings. The van der Waals surface area contributed by atoms with Crippen molar-refractivity contribution in [2.75, 3.05) is 23.9 Å². The Balaban J connectivity index is 1.49. The number of aromatic nitrogens is 2. The van der Waals surface area contributed by atoms with Crippen LogP contribution in [0.3, 0.4) is 0 Å². The number of amides is 2. The Labute approximate surface area is 149 Å². The summed E-state index contributed by atoms with van der Waals surface area (Å²) in [5.74, 6) is 0.601. The first-order chi connectivity index (χ1) is 12.7. The SMILES string of the molecule is COc1ccc(NC(=O)C2CC(=O)N(c3n[nH]c4ccccc34)C2)cc1. The molecular weight excluding hydrogens is 332 g/mol. The van der Waals surface area contributed by atoms with E-state index in [4.69, 9.17) is 4.74 Å². The smallest absolute Gasteiger partial charge is 0.229 e. The molecule has 1 atom stereocenters. The highest BCUT2D eigenvalue weighted by molar-refractivity contribution is 6.06. The highest BCUT2D eigenvalue weighted by atomic mass is 16.5. The summed E-state index contributed by atoms with van der Waals surface area (Å²) >= 11 is 0. The van der Waals surface area contributed by atoms with Gasteiger partial charge in [-0.15, -0.1) is 0 Å². The van der Waals surface area contributed by atoms with Crippen LogP contribution >= 0.6 is 0 Å². The molecule has 7 nitrogen and oxygen atoms in total. The summed E-state index contributed by atoms with van der Waals surface area (Å²) in [6.45, 7) is 0.315. The van der Waals surface area contributed by atoms with E-state index in [9.17, 15) is 9.59 Å². The van der Waals surface area contributed by atoms with Crippen molar-refractivity contribution in [2.45, 2.75) is 6.42 Å². The molecule has 1 fully saturated rings. The molecule has 7 heteroatoms. The van der Waals surface area contributed by atoms with Gasteiger partial charge in [0, 0.05) is 24.0 Å². The highest BCUT2D eigenvalue weighted by Gasteiger charge is 2.36. The summed E-state index contributed by atoms with van der Waals surface area (Å²) in [7, 11) is 1.59. The predicted molar refractivity (Wildman–Crippen MR) is 98.2 cm³/mol. The van der Waals surface area contributed by atoms with E-state index >= 15 is 0 Å². The van der Waals surface area contributed by atoms with Gasteiger partial charge in [-0.25, -0.2) is 0 Å². The average Bonchev–Trinajstić information content (AvgIpc) is 3.25. The molecule has 2 N–H and O–H groups in total. The fourth-order valence-electron chi connectivity index (χ4n) is 3.16. The van der Waals surface area contributed by atoms with Gasteiger partial charge >= 0.3 is 0 Å². The maximum Gasteiger partial charge on any atom is 0.229 e. The lowest BCUT2D eigenvalue weighted by Crippen LogP contribution is -2.28. The van der Waals surface area contributed by atoms with Crippen LogP contribution in [0.5, 0.6) is 5.75 Å². The molecule has 0 aliphatic carbocycles. The maximum absolute atomic E-state index is 12.5. The molecule has 0 radical (unpaired) electrons. The molecule has 0 spiro atoms. The van der Waals surface area contributed by atoms with E-state index in [1.165, 1.54) is 0 Å². The van der Waals surface area contributed by atoms with Gasteiger partial charge in [0.25, 0.3) is 0 Å². The number of para-hydroxylation sites is 1. The van der Waals surface area contributed by atoms with Crippen LogP contribution in [-0.2, 0) is 9.59 Å². The lowest BCUT2D eigenvalue weighted by Gasteiger charge is -2.14. The lowest BCUT2D eigenvalue weighted by atomic mass is 10.1. The number of nitrogens with zero attached hydrogens (tertiary/aromatic N) is 2. The Hall–Kier alpha value is -3.35. The number of H-pyrrole nitrogens is 1. The predicted octanol–water partition coefficient (Wildman–Crippen LogP) is 2.56. The molecule has 1 aromatic heterocycles. The van der Waals surface area contributed by atoms with Crippen LogP contribution in [0.2, 0.25) is 0 Å². The van der Waals surface area contributed by atoms with Crippen molar-refractivity contribution in [3.05, 3.63) is 48.5 Å². The molecule has 2 heterocycles. The molecule has 132 valence electrons. The van der Waals surface area contributed by atoms with E-state index in [2.05, 4.69) is 15.5 Å². The van der Waals surface area contributed by atoms with Gasteiger partial charge in [-0.1, -0.05) is 12.1 Å².